The number of ether oxygens (including phenoxy) is 1. The average molecular weight is 402 g/mol. The molecule has 0 aliphatic carbocycles. The molecule has 6 heteroatoms. The van der Waals surface area contributed by atoms with Crippen LogP contribution >= 0.6 is 22.9 Å². The molecule has 0 saturated carbocycles. The van der Waals surface area contributed by atoms with Gasteiger partial charge in [-0.1, -0.05) is 12.1 Å². The Kier molecular flexibility index (Phi) is 5.24. The van der Waals surface area contributed by atoms with Gasteiger partial charge in [0.15, 0.2) is 0 Å². The van der Waals surface area contributed by atoms with Crippen LogP contribution in [-0.2, 0) is 0 Å². The highest BCUT2D eigenvalue weighted by Gasteiger charge is 2.26. The number of aromatic nitrogens is 2. The number of halogens is 1. The van der Waals surface area contributed by atoms with E-state index in [1.165, 1.54) is 35.3 Å². The van der Waals surface area contributed by atoms with Crippen molar-refractivity contribution < 1.29 is 4.74 Å². The lowest BCUT2D eigenvalue weighted by Gasteiger charge is -2.35. The van der Waals surface area contributed by atoms with Crippen LogP contribution in [0, 0.1) is 6.92 Å². The third-order valence-electron chi connectivity index (χ3n) is 5.21. The van der Waals surface area contributed by atoms with E-state index in [4.69, 9.17) is 16.3 Å². The minimum Gasteiger partial charge on any atom is -0.494 e. The molecule has 4 rings (SSSR count). The molecule has 0 amide bonds. The maximum atomic E-state index is 6.30. The number of hydrogen-bond donors (Lipinski definition) is 0. The van der Waals surface area contributed by atoms with Crippen LogP contribution in [0.1, 0.15) is 38.0 Å². The SMILES string of the molecule is CCOc1ccc(-c2c(C)sc3nc(Cl)nc(N4CCCCC4C)c23)cc1. The molecule has 4 nitrogen and oxygen atoms in total. The smallest absolute Gasteiger partial charge is 0.225 e. The van der Waals surface area contributed by atoms with E-state index in [2.05, 4.69) is 40.8 Å². The van der Waals surface area contributed by atoms with Gasteiger partial charge < -0.3 is 9.64 Å². The lowest BCUT2D eigenvalue weighted by molar-refractivity contribution is 0.340. The molecule has 0 spiro atoms. The number of hydrogen-bond acceptors (Lipinski definition) is 5. The maximum absolute atomic E-state index is 6.30. The first kappa shape index (κ1) is 18.5. The average Bonchev–Trinajstić information content (AvgIpc) is 2.98. The number of piperidine rings is 1. The monoisotopic (exact) mass is 401 g/mol. The second-order valence-corrected chi connectivity index (χ2v) is 8.57. The summed E-state index contributed by atoms with van der Waals surface area (Å²) >= 11 is 7.98. The molecule has 1 aliphatic rings. The lowest BCUT2D eigenvalue weighted by atomic mass is 10.0. The molecule has 3 heterocycles. The van der Waals surface area contributed by atoms with Crippen molar-refractivity contribution in [2.75, 3.05) is 18.1 Å². The van der Waals surface area contributed by atoms with Crippen LogP contribution in [0.4, 0.5) is 5.82 Å². The summed E-state index contributed by atoms with van der Waals surface area (Å²) in [6.45, 7) is 8.11. The van der Waals surface area contributed by atoms with Gasteiger partial charge in [0.05, 0.1) is 12.0 Å². The highest BCUT2D eigenvalue weighted by atomic mass is 35.5. The first-order valence-electron chi connectivity index (χ1n) is 9.55. The van der Waals surface area contributed by atoms with Gasteiger partial charge >= 0.3 is 0 Å². The van der Waals surface area contributed by atoms with Gasteiger partial charge in [0.1, 0.15) is 16.4 Å². The molecule has 0 N–H and O–H groups in total. The Bertz CT molecular complexity index is 954. The zero-order valence-electron chi connectivity index (χ0n) is 16.0. The third-order valence-corrected chi connectivity index (χ3v) is 6.38. The normalized spacial score (nSPS) is 17.5. The molecule has 1 unspecified atom stereocenters. The second-order valence-electron chi connectivity index (χ2n) is 7.03. The van der Waals surface area contributed by atoms with Crippen LogP contribution < -0.4 is 9.64 Å². The molecule has 0 radical (unpaired) electrons. The number of anilines is 1. The van der Waals surface area contributed by atoms with Crippen molar-refractivity contribution in [3.05, 3.63) is 34.4 Å². The van der Waals surface area contributed by atoms with E-state index >= 15 is 0 Å². The fourth-order valence-corrected chi connectivity index (χ4v) is 5.18. The van der Waals surface area contributed by atoms with Crippen LogP contribution in [0.3, 0.4) is 0 Å². The van der Waals surface area contributed by atoms with E-state index in [-0.39, 0.29) is 0 Å². The number of thiophene rings is 1. The van der Waals surface area contributed by atoms with Crippen LogP contribution in [-0.4, -0.2) is 29.2 Å². The summed E-state index contributed by atoms with van der Waals surface area (Å²) < 4.78 is 5.60. The van der Waals surface area contributed by atoms with E-state index in [9.17, 15) is 0 Å². The Morgan fingerprint density at radius 3 is 2.70 bits per heavy atom. The molecule has 1 aliphatic heterocycles. The van der Waals surface area contributed by atoms with Crippen LogP contribution in [0.15, 0.2) is 24.3 Å². The summed E-state index contributed by atoms with van der Waals surface area (Å²) in [4.78, 5) is 13.8. The van der Waals surface area contributed by atoms with Crippen molar-refractivity contribution in [1.82, 2.24) is 9.97 Å². The molecule has 1 fully saturated rings. The molecular weight excluding hydrogens is 378 g/mol. The summed E-state index contributed by atoms with van der Waals surface area (Å²) in [7, 11) is 0. The highest BCUT2D eigenvalue weighted by molar-refractivity contribution is 7.19. The number of benzene rings is 1. The van der Waals surface area contributed by atoms with E-state index in [1.807, 2.05) is 19.1 Å². The summed E-state index contributed by atoms with van der Waals surface area (Å²) in [6, 6.07) is 8.76. The van der Waals surface area contributed by atoms with Crippen LogP contribution in [0.25, 0.3) is 21.3 Å². The van der Waals surface area contributed by atoms with Crippen molar-refractivity contribution in [1.29, 1.82) is 0 Å². The largest absolute Gasteiger partial charge is 0.494 e. The standard InChI is InChI=1S/C21H24ClN3OS/c1-4-26-16-10-8-15(9-11-16)17-14(3)27-20-18(17)19(23-21(22)24-20)25-12-6-5-7-13(25)2/h8-11,13H,4-7,12H2,1-3H3. The van der Waals surface area contributed by atoms with Crippen molar-refractivity contribution in [3.63, 3.8) is 0 Å². The Labute approximate surface area is 169 Å². The topological polar surface area (TPSA) is 38.3 Å². The predicted molar refractivity (Wildman–Crippen MR) is 114 cm³/mol. The van der Waals surface area contributed by atoms with Crippen molar-refractivity contribution in [3.8, 4) is 16.9 Å². The first-order valence-corrected chi connectivity index (χ1v) is 10.7. The molecule has 1 aromatic carbocycles. The molecule has 1 atom stereocenters. The number of rotatable bonds is 4. The van der Waals surface area contributed by atoms with Gasteiger partial charge in [0.25, 0.3) is 0 Å². The zero-order chi connectivity index (χ0) is 19.0. The predicted octanol–water partition coefficient (Wildman–Crippen LogP) is 6.10. The number of fused-ring (bicyclic) bond motifs is 1. The summed E-state index contributed by atoms with van der Waals surface area (Å²) in [5, 5.41) is 1.45. The van der Waals surface area contributed by atoms with Gasteiger partial charge in [-0.2, -0.15) is 4.98 Å². The Hall–Kier alpha value is -1.85. The van der Waals surface area contributed by atoms with Crippen molar-refractivity contribution in [2.24, 2.45) is 0 Å². The van der Waals surface area contributed by atoms with E-state index in [1.54, 1.807) is 11.3 Å². The fourth-order valence-electron chi connectivity index (χ4n) is 3.92. The van der Waals surface area contributed by atoms with E-state index in [0.29, 0.717) is 17.9 Å². The first-order chi connectivity index (χ1) is 13.1. The van der Waals surface area contributed by atoms with Crippen LogP contribution in [0.2, 0.25) is 5.28 Å². The minimum absolute atomic E-state index is 0.328. The molecule has 0 bridgehead atoms. The molecular formula is C21H24ClN3OS. The molecule has 27 heavy (non-hydrogen) atoms. The number of nitrogens with zero attached hydrogens (tertiary/aromatic N) is 3. The van der Waals surface area contributed by atoms with Gasteiger partial charge in [-0.25, -0.2) is 4.98 Å². The third kappa shape index (κ3) is 3.50. The number of aryl methyl sites for hydroxylation is 1. The molecule has 2 aromatic heterocycles. The van der Waals surface area contributed by atoms with Gasteiger partial charge in [-0.05, 0) is 69.3 Å². The van der Waals surface area contributed by atoms with Crippen molar-refractivity contribution >= 4 is 39.0 Å². The molecule has 3 aromatic rings. The minimum atomic E-state index is 0.328. The van der Waals surface area contributed by atoms with E-state index in [0.717, 1.165) is 28.3 Å². The highest BCUT2D eigenvalue weighted by Crippen LogP contribution is 2.43. The lowest BCUT2D eigenvalue weighted by Crippen LogP contribution is -2.38. The fraction of sp³-hybridized carbons (Fsp3) is 0.429. The van der Waals surface area contributed by atoms with Crippen LogP contribution in [0.5, 0.6) is 5.75 Å². The zero-order valence-corrected chi connectivity index (χ0v) is 17.5. The maximum Gasteiger partial charge on any atom is 0.225 e. The second kappa shape index (κ2) is 7.64. The summed E-state index contributed by atoms with van der Waals surface area (Å²) in [5.41, 5.74) is 2.38. The molecule has 1 saturated heterocycles. The Morgan fingerprint density at radius 1 is 1.22 bits per heavy atom. The molecule has 142 valence electrons. The van der Waals surface area contributed by atoms with Gasteiger partial charge in [-0.3, -0.25) is 0 Å². The van der Waals surface area contributed by atoms with Crippen molar-refractivity contribution in [2.45, 2.75) is 46.1 Å². The van der Waals surface area contributed by atoms with Gasteiger partial charge in [-0.15, -0.1) is 11.3 Å². The quantitative estimate of drug-likeness (QED) is 0.495. The summed E-state index contributed by atoms with van der Waals surface area (Å²) in [6.07, 6.45) is 3.65. The van der Waals surface area contributed by atoms with E-state index < -0.39 is 0 Å². The Balaban J connectivity index is 1.89. The Morgan fingerprint density at radius 2 is 2.00 bits per heavy atom. The summed E-state index contributed by atoms with van der Waals surface area (Å²) in [5.74, 6) is 1.87. The van der Waals surface area contributed by atoms with Gasteiger partial charge in [0.2, 0.25) is 5.28 Å². The van der Waals surface area contributed by atoms with Gasteiger partial charge in [0, 0.05) is 23.0 Å².